The van der Waals surface area contributed by atoms with Gasteiger partial charge >= 0.3 is 0 Å². The Labute approximate surface area is 82.1 Å². The van der Waals surface area contributed by atoms with Gasteiger partial charge in [0.05, 0.1) is 0 Å². The van der Waals surface area contributed by atoms with Crippen LogP contribution in [0.5, 0.6) is 0 Å². The van der Waals surface area contributed by atoms with Gasteiger partial charge in [-0.15, -0.1) is 0 Å². The van der Waals surface area contributed by atoms with Gasteiger partial charge in [0, 0.05) is 6.42 Å². The van der Waals surface area contributed by atoms with E-state index in [9.17, 15) is 0 Å². The van der Waals surface area contributed by atoms with Gasteiger partial charge in [-0.3, -0.25) is 0 Å². The third-order valence-corrected chi connectivity index (χ3v) is 2.97. The van der Waals surface area contributed by atoms with Crippen molar-refractivity contribution in [2.45, 2.75) is 39.2 Å². The molecule has 0 aromatic heterocycles. The number of allylic oxidation sites excluding steroid dienone is 2. The van der Waals surface area contributed by atoms with Crippen molar-refractivity contribution in [3.63, 3.8) is 0 Å². The molecular weight excluding hydrogens is 158 g/mol. The molecule has 1 fully saturated rings. The topological polar surface area (TPSA) is 4.44 Å². The highest BCUT2D eigenvalue weighted by Crippen LogP contribution is 2.12. The normalized spacial score (nSPS) is 20.5. The van der Waals surface area contributed by atoms with E-state index in [0.29, 0.717) is 5.54 Å². The molecule has 1 aliphatic rings. The molecule has 0 amide bonds. The minimum Gasteiger partial charge on any atom is -0.318 e. The highest BCUT2D eigenvalue weighted by molar-refractivity contribution is 4.99. The quantitative estimate of drug-likeness (QED) is 0.484. The van der Waals surface area contributed by atoms with Gasteiger partial charge in [0.25, 0.3) is 0 Å². The smallest absolute Gasteiger partial charge is 0.128 e. The standard InChI is InChI=1S/C12H21N/c1-5-12(4,13-9-10-13)8-6-7-11(2)3/h5,7H,1,6,8-10H2,2-4H3/p+1. The monoisotopic (exact) mass is 180 g/mol. The summed E-state index contributed by atoms with van der Waals surface area (Å²) in [4.78, 5) is 1.70. The average molecular weight is 180 g/mol. The van der Waals surface area contributed by atoms with Gasteiger partial charge in [-0.25, -0.2) is 0 Å². The van der Waals surface area contributed by atoms with Crippen molar-refractivity contribution in [1.82, 2.24) is 0 Å². The molecule has 1 N–H and O–H groups in total. The minimum absolute atomic E-state index is 0.325. The van der Waals surface area contributed by atoms with Crippen LogP contribution in [0.3, 0.4) is 0 Å². The first-order chi connectivity index (χ1) is 6.08. The van der Waals surface area contributed by atoms with Gasteiger partial charge in [0.15, 0.2) is 0 Å². The Morgan fingerprint density at radius 3 is 2.46 bits per heavy atom. The van der Waals surface area contributed by atoms with E-state index in [1.54, 1.807) is 4.90 Å². The van der Waals surface area contributed by atoms with Crippen LogP contribution in [0.25, 0.3) is 0 Å². The van der Waals surface area contributed by atoms with Crippen LogP contribution in [-0.2, 0) is 0 Å². The maximum absolute atomic E-state index is 3.95. The molecular formula is C12H22N+. The molecule has 1 unspecified atom stereocenters. The predicted molar refractivity (Wildman–Crippen MR) is 58.0 cm³/mol. The summed E-state index contributed by atoms with van der Waals surface area (Å²) in [5.41, 5.74) is 1.75. The van der Waals surface area contributed by atoms with Crippen LogP contribution in [0.4, 0.5) is 0 Å². The number of hydrogen-bond donors (Lipinski definition) is 1. The van der Waals surface area contributed by atoms with E-state index in [4.69, 9.17) is 0 Å². The second kappa shape index (κ2) is 4.10. The summed E-state index contributed by atoms with van der Waals surface area (Å²) < 4.78 is 0. The van der Waals surface area contributed by atoms with Crippen molar-refractivity contribution in [1.29, 1.82) is 0 Å². The van der Waals surface area contributed by atoms with Crippen LogP contribution in [0.2, 0.25) is 0 Å². The molecule has 1 atom stereocenters. The van der Waals surface area contributed by atoms with Crippen LogP contribution >= 0.6 is 0 Å². The lowest BCUT2D eigenvalue weighted by Gasteiger charge is -2.23. The fourth-order valence-electron chi connectivity index (χ4n) is 1.72. The summed E-state index contributed by atoms with van der Waals surface area (Å²) in [6.45, 7) is 13.3. The molecule has 0 radical (unpaired) electrons. The number of hydrogen-bond acceptors (Lipinski definition) is 0. The molecule has 0 aliphatic carbocycles. The van der Waals surface area contributed by atoms with E-state index in [1.165, 1.54) is 31.5 Å². The lowest BCUT2D eigenvalue weighted by atomic mass is 9.95. The molecule has 0 aromatic rings. The number of rotatable bonds is 5. The molecule has 74 valence electrons. The maximum Gasteiger partial charge on any atom is 0.128 e. The fourth-order valence-corrected chi connectivity index (χ4v) is 1.72. The van der Waals surface area contributed by atoms with Crippen molar-refractivity contribution in [3.05, 3.63) is 24.3 Å². The van der Waals surface area contributed by atoms with E-state index in [-0.39, 0.29) is 0 Å². The van der Waals surface area contributed by atoms with E-state index >= 15 is 0 Å². The Hall–Kier alpha value is -0.560. The molecule has 1 aliphatic heterocycles. The van der Waals surface area contributed by atoms with Crippen LogP contribution in [-0.4, -0.2) is 18.6 Å². The molecule has 1 heterocycles. The fraction of sp³-hybridized carbons (Fsp3) is 0.667. The molecule has 1 rings (SSSR count). The summed E-state index contributed by atoms with van der Waals surface area (Å²) in [5, 5.41) is 0. The van der Waals surface area contributed by atoms with Gasteiger partial charge < -0.3 is 4.90 Å². The van der Waals surface area contributed by atoms with Crippen molar-refractivity contribution in [2.24, 2.45) is 0 Å². The molecule has 1 nitrogen and oxygen atoms in total. The number of nitrogens with one attached hydrogen (secondary N) is 1. The van der Waals surface area contributed by atoms with Gasteiger partial charge in [0.2, 0.25) is 0 Å². The second-order valence-electron chi connectivity index (χ2n) is 4.55. The zero-order valence-electron chi connectivity index (χ0n) is 9.19. The van der Waals surface area contributed by atoms with Gasteiger partial charge in [-0.05, 0) is 33.3 Å². The lowest BCUT2D eigenvalue weighted by molar-refractivity contribution is -0.812. The van der Waals surface area contributed by atoms with Crippen molar-refractivity contribution in [2.75, 3.05) is 13.1 Å². The van der Waals surface area contributed by atoms with E-state index in [1.807, 2.05) is 0 Å². The second-order valence-corrected chi connectivity index (χ2v) is 4.55. The molecule has 0 bridgehead atoms. The average Bonchev–Trinajstić information content (AvgIpc) is 2.85. The predicted octanol–water partition coefficient (Wildman–Crippen LogP) is 1.58. The highest BCUT2D eigenvalue weighted by Gasteiger charge is 2.40. The first kappa shape index (κ1) is 10.5. The first-order valence-electron chi connectivity index (χ1n) is 5.20. The molecule has 0 saturated carbocycles. The Kier molecular flexibility index (Phi) is 3.32. The molecule has 13 heavy (non-hydrogen) atoms. The Morgan fingerprint density at radius 2 is 2.08 bits per heavy atom. The third-order valence-electron chi connectivity index (χ3n) is 2.97. The largest absolute Gasteiger partial charge is 0.318 e. The zero-order valence-corrected chi connectivity index (χ0v) is 9.19. The third kappa shape index (κ3) is 3.00. The Morgan fingerprint density at radius 1 is 1.46 bits per heavy atom. The zero-order chi connectivity index (χ0) is 9.90. The maximum atomic E-state index is 3.95. The van der Waals surface area contributed by atoms with Gasteiger partial charge in [-0.2, -0.15) is 0 Å². The SMILES string of the molecule is C=CC(C)(CCC=C(C)C)[NH+]1CC1. The molecule has 0 spiro atoms. The van der Waals surface area contributed by atoms with Crippen molar-refractivity contribution < 1.29 is 4.90 Å². The minimum atomic E-state index is 0.325. The van der Waals surface area contributed by atoms with Gasteiger partial charge in [0.1, 0.15) is 18.6 Å². The Balaban J connectivity index is 2.39. The van der Waals surface area contributed by atoms with Crippen LogP contribution in [0.15, 0.2) is 24.3 Å². The van der Waals surface area contributed by atoms with E-state index in [0.717, 1.165) is 0 Å². The van der Waals surface area contributed by atoms with Crippen molar-refractivity contribution >= 4 is 0 Å². The summed E-state index contributed by atoms with van der Waals surface area (Å²) in [5.74, 6) is 0. The summed E-state index contributed by atoms with van der Waals surface area (Å²) in [6.07, 6.45) is 6.88. The molecule has 0 aromatic carbocycles. The first-order valence-corrected chi connectivity index (χ1v) is 5.20. The summed E-state index contributed by atoms with van der Waals surface area (Å²) >= 11 is 0. The van der Waals surface area contributed by atoms with Crippen LogP contribution in [0, 0.1) is 0 Å². The van der Waals surface area contributed by atoms with Crippen molar-refractivity contribution in [3.8, 4) is 0 Å². The number of quaternary nitrogens is 1. The lowest BCUT2D eigenvalue weighted by Crippen LogP contribution is -3.02. The van der Waals surface area contributed by atoms with Crippen LogP contribution in [0.1, 0.15) is 33.6 Å². The van der Waals surface area contributed by atoms with E-state index in [2.05, 4.69) is 39.5 Å². The molecule has 1 saturated heterocycles. The molecule has 1 heteroatoms. The Bertz CT molecular complexity index is 209. The van der Waals surface area contributed by atoms with Crippen LogP contribution < -0.4 is 4.90 Å². The highest BCUT2D eigenvalue weighted by atomic mass is 15.3. The summed E-state index contributed by atoms with van der Waals surface area (Å²) in [7, 11) is 0. The summed E-state index contributed by atoms with van der Waals surface area (Å²) in [6, 6.07) is 0. The van der Waals surface area contributed by atoms with Gasteiger partial charge in [-0.1, -0.05) is 18.2 Å². The van der Waals surface area contributed by atoms with E-state index < -0.39 is 0 Å².